The highest BCUT2D eigenvalue weighted by Crippen LogP contribution is 2.36. The van der Waals surface area contributed by atoms with E-state index in [4.69, 9.17) is 0 Å². The number of hydrogen-bond donors (Lipinski definition) is 0. The van der Waals surface area contributed by atoms with E-state index in [0.29, 0.717) is 12.0 Å². The third-order valence-corrected chi connectivity index (χ3v) is 3.66. The number of rotatable bonds is 1. The minimum atomic E-state index is 0.586. The van der Waals surface area contributed by atoms with E-state index in [0.717, 1.165) is 18.9 Å². The highest BCUT2D eigenvalue weighted by atomic mass is 16.1. The van der Waals surface area contributed by atoms with Gasteiger partial charge in [0.2, 0.25) is 6.41 Å². The second kappa shape index (κ2) is 3.69. The van der Waals surface area contributed by atoms with Crippen LogP contribution in [0.3, 0.4) is 0 Å². The molecule has 0 aromatic heterocycles. The van der Waals surface area contributed by atoms with Crippen LogP contribution in [-0.2, 0) is 4.79 Å². The fraction of sp³-hybridized carbons (Fsp3) is 0.909. The van der Waals surface area contributed by atoms with Gasteiger partial charge in [-0.1, -0.05) is 19.8 Å². The predicted molar refractivity (Wildman–Crippen MR) is 52.3 cm³/mol. The Balaban J connectivity index is 2.06. The molecule has 2 nitrogen and oxygen atoms in total. The summed E-state index contributed by atoms with van der Waals surface area (Å²) in [5.41, 5.74) is 0. The first kappa shape index (κ1) is 9.04. The Kier molecular flexibility index (Phi) is 2.56. The number of carbonyl (C=O) groups is 1. The molecule has 0 spiro atoms. The molecule has 1 amide bonds. The van der Waals surface area contributed by atoms with Gasteiger partial charge in [0.05, 0.1) is 0 Å². The number of fused-ring (bicyclic) bond motifs is 1. The van der Waals surface area contributed by atoms with Gasteiger partial charge in [0, 0.05) is 12.6 Å². The molecule has 0 aromatic rings. The van der Waals surface area contributed by atoms with Gasteiger partial charge in [-0.2, -0.15) is 0 Å². The van der Waals surface area contributed by atoms with Crippen LogP contribution in [0, 0.1) is 11.8 Å². The zero-order chi connectivity index (χ0) is 9.26. The van der Waals surface area contributed by atoms with Gasteiger partial charge >= 0.3 is 0 Å². The van der Waals surface area contributed by atoms with E-state index < -0.39 is 0 Å². The highest BCUT2D eigenvalue weighted by molar-refractivity contribution is 5.48. The van der Waals surface area contributed by atoms with E-state index in [1.807, 2.05) is 0 Å². The Hall–Kier alpha value is -0.530. The van der Waals surface area contributed by atoms with Crippen LogP contribution in [0.25, 0.3) is 0 Å². The van der Waals surface area contributed by atoms with E-state index in [-0.39, 0.29) is 0 Å². The maximum absolute atomic E-state index is 10.9. The Morgan fingerprint density at radius 2 is 2.08 bits per heavy atom. The maximum atomic E-state index is 10.9. The number of carbonyl (C=O) groups excluding carboxylic acids is 1. The summed E-state index contributed by atoms with van der Waals surface area (Å²) in [6.07, 6.45) is 7.70. The number of likely N-dealkylation sites (tertiary alicyclic amines) is 1. The number of hydrogen-bond acceptors (Lipinski definition) is 1. The van der Waals surface area contributed by atoms with Crippen molar-refractivity contribution in [3.05, 3.63) is 0 Å². The fourth-order valence-corrected chi connectivity index (χ4v) is 3.11. The molecule has 2 heteroatoms. The van der Waals surface area contributed by atoms with E-state index in [1.54, 1.807) is 0 Å². The molecular weight excluding hydrogens is 162 g/mol. The lowest BCUT2D eigenvalue weighted by molar-refractivity contribution is -0.125. The molecule has 3 unspecified atom stereocenters. The second-order valence-electron chi connectivity index (χ2n) is 4.75. The van der Waals surface area contributed by atoms with Crippen LogP contribution in [0.5, 0.6) is 0 Å². The van der Waals surface area contributed by atoms with Crippen LogP contribution in [0.15, 0.2) is 0 Å². The standard InChI is InChI=1S/C11H19NO/c1-9-6-10-4-2-3-5-11(10)12(7-9)8-13/h8-11H,2-7H2,1H3. The number of nitrogens with zero attached hydrogens (tertiary/aromatic N) is 1. The normalized spacial score (nSPS) is 39.8. The first-order valence-corrected chi connectivity index (χ1v) is 5.52. The Morgan fingerprint density at radius 3 is 2.85 bits per heavy atom. The van der Waals surface area contributed by atoms with Crippen molar-refractivity contribution in [1.29, 1.82) is 0 Å². The largest absolute Gasteiger partial charge is 0.342 e. The molecule has 3 atom stereocenters. The molecule has 0 radical (unpaired) electrons. The van der Waals surface area contributed by atoms with Gasteiger partial charge in [-0.05, 0) is 31.1 Å². The van der Waals surface area contributed by atoms with Crippen LogP contribution in [0.4, 0.5) is 0 Å². The molecular formula is C11H19NO. The first-order chi connectivity index (χ1) is 6.31. The molecule has 2 aliphatic rings. The van der Waals surface area contributed by atoms with Crippen LogP contribution in [0.1, 0.15) is 39.0 Å². The summed E-state index contributed by atoms with van der Waals surface area (Å²) in [6, 6.07) is 0.586. The molecule has 1 heterocycles. The topological polar surface area (TPSA) is 20.3 Å². The molecule has 0 N–H and O–H groups in total. The number of amides is 1. The van der Waals surface area contributed by atoms with Crippen molar-refractivity contribution in [3.63, 3.8) is 0 Å². The number of piperidine rings is 1. The van der Waals surface area contributed by atoms with Gasteiger partial charge in [-0.3, -0.25) is 4.79 Å². The van der Waals surface area contributed by atoms with Crippen molar-refractivity contribution in [3.8, 4) is 0 Å². The van der Waals surface area contributed by atoms with Crippen molar-refractivity contribution in [2.24, 2.45) is 11.8 Å². The molecule has 74 valence electrons. The summed E-state index contributed by atoms with van der Waals surface area (Å²) in [5.74, 6) is 1.52. The molecule has 13 heavy (non-hydrogen) atoms. The molecule has 1 aliphatic heterocycles. The Labute approximate surface area is 80.3 Å². The Morgan fingerprint density at radius 1 is 1.31 bits per heavy atom. The molecule has 0 aromatic carbocycles. The summed E-state index contributed by atoms with van der Waals surface area (Å²) in [5, 5.41) is 0. The minimum Gasteiger partial charge on any atom is -0.342 e. The lowest BCUT2D eigenvalue weighted by Gasteiger charge is -2.44. The van der Waals surface area contributed by atoms with Gasteiger partial charge in [-0.15, -0.1) is 0 Å². The molecule has 2 rings (SSSR count). The predicted octanol–water partition coefficient (Wildman–Crippen LogP) is 2.04. The zero-order valence-electron chi connectivity index (χ0n) is 8.41. The van der Waals surface area contributed by atoms with Crippen molar-refractivity contribution in [2.45, 2.75) is 45.1 Å². The smallest absolute Gasteiger partial charge is 0.209 e. The van der Waals surface area contributed by atoms with Crippen LogP contribution >= 0.6 is 0 Å². The first-order valence-electron chi connectivity index (χ1n) is 5.52. The fourth-order valence-electron chi connectivity index (χ4n) is 3.11. The van der Waals surface area contributed by atoms with Gasteiger partial charge in [0.15, 0.2) is 0 Å². The van der Waals surface area contributed by atoms with Gasteiger partial charge in [0.1, 0.15) is 0 Å². The quantitative estimate of drug-likeness (QED) is 0.567. The van der Waals surface area contributed by atoms with Crippen molar-refractivity contribution in [2.75, 3.05) is 6.54 Å². The highest BCUT2D eigenvalue weighted by Gasteiger charge is 2.34. The summed E-state index contributed by atoms with van der Waals surface area (Å²) < 4.78 is 0. The van der Waals surface area contributed by atoms with Crippen LogP contribution < -0.4 is 0 Å². The molecule has 2 fully saturated rings. The third kappa shape index (κ3) is 1.72. The van der Waals surface area contributed by atoms with Gasteiger partial charge in [-0.25, -0.2) is 0 Å². The van der Waals surface area contributed by atoms with Gasteiger partial charge in [0.25, 0.3) is 0 Å². The lowest BCUT2D eigenvalue weighted by Crippen LogP contribution is -2.48. The minimum absolute atomic E-state index is 0.586. The zero-order valence-corrected chi connectivity index (χ0v) is 8.41. The third-order valence-electron chi connectivity index (χ3n) is 3.66. The monoisotopic (exact) mass is 181 g/mol. The molecule has 1 saturated carbocycles. The summed E-state index contributed by atoms with van der Waals surface area (Å²) in [4.78, 5) is 12.9. The van der Waals surface area contributed by atoms with Gasteiger partial charge < -0.3 is 4.90 Å². The Bertz CT molecular complexity index is 193. The van der Waals surface area contributed by atoms with Crippen LogP contribution in [0.2, 0.25) is 0 Å². The molecule has 1 aliphatic carbocycles. The molecule has 1 saturated heterocycles. The summed E-state index contributed by atoms with van der Waals surface area (Å²) >= 11 is 0. The van der Waals surface area contributed by atoms with Crippen molar-refractivity contribution < 1.29 is 4.79 Å². The average molecular weight is 181 g/mol. The SMILES string of the molecule is CC1CC2CCCCC2N(C=O)C1. The average Bonchev–Trinajstić information content (AvgIpc) is 2.16. The van der Waals surface area contributed by atoms with E-state index in [1.165, 1.54) is 32.1 Å². The summed E-state index contributed by atoms with van der Waals surface area (Å²) in [7, 11) is 0. The summed E-state index contributed by atoms with van der Waals surface area (Å²) in [6.45, 7) is 3.26. The molecule has 0 bridgehead atoms. The van der Waals surface area contributed by atoms with Crippen molar-refractivity contribution in [1.82, 2.24) is 4.90 Å². The van der Waals surface area contributed by atoms with E-state index >= 15 is 0 Å². The van der Waals surface area contributed by atoms with E-state index in [2.05, 4.69) is 11.8 Å². The second-order valence-corrected chi connectivity index (χ2v) is 4.75. The maximum Gasteiger partial charge on any atom is 0.209 e. The van der Waals surface area contributed by atoms with Crippen molar-refractivity contribution >= 4 is 6.41 Å². The van der Waals surface area contributed by atoms with Crippen LogP contribution in [-0.4, -0.2) is 23.9 Å². The lowest BCUT2D eigenvalue weighted by atomic mass is 9.75. The van der Waals surface area contributed by atoms with E-state index in [9.17, 15) is 4.79 Å².